The summed E-state index contributed by atoms with van der Waals surface area (Å²) < 4.78 is 25.5. The molecule has 10 nitrogen and oxygen atoms in total. The highest BCUT2D eigenvalue weighted by atomic mass is 16.5. The second-order valence-electron chi connectivity index (χ2n) is 12.3. The van der Waals surface area contributed by atoms with E-state index in [1.807, 2.05) is 29.9 Å². The number of nitrogens with zero attached hydrogens (tertiary/aromatic N) is 4. The van der Waals surface area contributed by atoms with Crippen LogP contribution in [-0.2, 0) is 20.7 Å². The first-order chi connectivity index (χ1) is 20.4. The van der Waals surface area contributed by atoms with Crippen LogP contribution >= 0.6 is 0 Å². The third-order valence-corrected chi connectivity index (χ3v) is 9.14. The van der Waals surface area contributed by atoms with Gasteiger partial charge in [-0.25, -0.2) is 9.48 Å². The highest BCUT2D eigenvalue weighted by molar-refractivity contribution is 5.89. The van der Waals surface area contributed by atoms with Crippen molar-refractivity contribution in [2.24, 2.45) is 11.8 Å². The van der Waals surface area contributed by atoms with Gasteiger partial charge in [0.15, 0.2) is 11.5 Å². The molecule has 3 aliphatic rings. The lowest BCUT2D eigenvalue weighted by Crippen LogP contribution is -2.51. The average molecular weight is 583 g/mol. The fraction of sp³-hybridized carbons (Fsp3) is 0.688. The fourth-order valence-electron chi connectivity index (χ4n) is 6.77. The number of rotatable bonds is 3. The summed E-state index contributed by atoms with van der Waals surface area (Å²) in [5, 5.41) is 8.69. The lowest BCUT2D eigenvalue weighted by Gasteiger charge is -2.39. The highest BCUT2D eigenvalue weighted by Crippen LogP contribution is 2.45. The Bertz CT molecular complexity index is 1230. The summed E-state index contributed by atoms with van der Waals surface area (Å²) in [6, 6.07) is 3.35. The van der Waals surface area contributed by atoms with Crippen LogP contribution in [0.5, 0.6) is 17.2 Å². The molecule has 3 heterocycles. The van der Waals surface area contributed by atoms with Crippen LogP contribution in [0.2, 0.25) is 0 Å². The van der Waals surface area contributed by atoms with Crippen molar-refractivity contribution in [3.05, 3.63) is 29.6 Å². The van der Waals surface area contributed by atoms with E-state index in [4.69, 9.17) is 18.9 Å². The van der Waals surface area contributed by atoms with E-state index in [9.17, 15) is 9.59 Å². The van der Waals surface area contributed by atoms with Gasteiger partial charge in [-0.15, -0.1) is 5.10 Å². The zero-order chi connectivity index (χ0) is 29.6. The predicted octanol–water partition coefficient (Wildman–Crippen LogP) is 5.11. The summed E-state index contributed by atoms with van der Waals surface area (Å²) >= 11 is 0. The lowest BCUT2D eigenvalue weighted by molar-refractivity contribution is -0.159. The molecular formula is C32H46N4O6. The van der Waals surface area contributed by atoms with Crippen molar-refractivity contribution in [1.29, 1.82) is 0 Å². The number of hydrogen-bond acceptors (Lipinski definition) is 8. The van der Waals surface area contributed by atoms with Gasteiger partial charge in [-0.3, -0.25) is 4.79 Å². The van der Waals surface area contributed by atoms with Gasteiger partial charge >= 0.3 is 5.97 Å². The summed E-state index contributed by atoms with van der Waals surface area (Å²) in [5.74, 6) is 1.10. The molecule has 1 saturated carbocycles. The van der Waals surface area contributed by atoms with Crippen molar-refractivity contribution >= 4 is 11.9 Å². The Morgan fingerprint density at radius 2 is 1.71 bits per heavy atom. The first kappa shape index (κ1) is 30.2. The van der Waals surface area contributed by atoms with E-state index in [0.29, 0.717) is 49.7 Å². The number of carbonyl (C=O) groups is 2. The highest BCUT2D eigenvalue weighted by Gasteiger charge is 2.41. The van der Waals surface area contributed by atoms with Crippen LogP contribution in [0.4, 0.5) is 0 Å². The summed E-state index contributed by atoms with van der Waals surface area (Å²) in [7, 11) is 3.20. The maximum atomic E-state index is 14.6. The molecule has 4 atom stereocenters. The number of cyclic esters (lactones) is 1. The van der Waals surface area contributed by atoms with Crippen LogP contribution in [0, 0.1) is 11.8 Å². The Balaban J connectivity index is 1.55. The quantitative estimate of drug-likeness (QED) is 0.460. The molecule has 1 amide bonds. The standard InChI is InChI=1S/C32H46N4O6/c1-21-16-25-19-36(34-33-25)22(2)13-15-41-28-18-24(17-27(39-3)30(28)40-4)29(23-10-6-5-7-11-23)31(37)35-14-9-8-12-26(35)32(38)42-20-21/h17-19,21-23,26,29H,5-16,20H2,1-4H3/t21-,22+,26-,29-/m0/s1. The number of esters is 1. The van der Waals surface area contributed by atoms with E-state index in [-0.39, 0.29) is 36.4 Å². The molecule has 2 aromatic rings. The zero-order valence-electron chi connectivity index (χ0n) is 25.5. The number of ether oxygens (including phenoxy) is 4. The monoisotopic (exact) mass is 582 g/mol. The van der Waals surface area contributed by atoms with E-state index in [1.165, 1.54) is 6.42 Å². The molecule has 10 heteroatoms. The Morgan fingerprint density at radius 3 is 2.48 bits per heavy atom. The number of amides is 1. The maximum Gasteiger partial charge on any atom is 0.328 e. The van der Waals surface area contributed by atoms with Crippen LogP contribution in [0.3, 0.4) is 0 Å². The molecule has 1 aromatic carbocycles. The zero-order valence-corrected chi connectivity index (χ0v) is 25.5. The van der Waals surface area contributed by atoms with Gasteiger partial charge in [0.05, 0.1) is 45.1 Å². The molecule has 230 valence electrons. The van der Waals surface area contributed by atoms with Gasteiger partial charge in [0.2, 0.25) is 11.7 Å². The van der Waals surface area contributed by atoms with Crippen molar-refractivity contribution < 1.29 is 28.5 Å². The van der Waals surface area contributed by atoms with E-state index >= 15 is 0 Å². The molecule has 0 spiro atoms. The lowest BCUT2D eigenvalue weighted by atomic mass is 9.75. The van der Waals surface area contributed by atoms with Crippen LogP contribution < -0.4 is 14.2 Å². The van der Waals surface area contributed by atoms with Crippen LogP contribution in [0.25, 0.3) is 0 Å². The van der Waals surface area contributed by atoms with Gasteiger partial charge in [-0.1, -0.05) is 31.4 Å². The topological polar surface area (TPSA) is 105 Å². The smallest absolute Gasteiger partial charge is 0.328 e. The van der Waals surface area contributed by atoms with Gasteiger partial charge in [0.25, 0.3) is 0 Å². The number of hydrogen-bond donors (Lipinski definition) is 0. The van der Waals surface area contributed by atoms with Gasteiger partial charge in [0, 0.05) is 19.2 Å². The van der Waals surface area contributed by atoms with Gasteiger partial charge in [-0.2, -0.15) is 0 Å². The minimum Gasteiger partial charge on any atom is -0.493 e. The molecule has 1 aromatic heterocycles. The second kappa shape index (κ2) is 13.8. The number of fused-ring (bicyclic) bond motifs is 5. The minimum atomic E-state index is -0.579. The summed E-state index contributed by atoms with van der Waals surface area (Å²) in [6.07, 6.45) is 11.0. The number of aromatic nitrogens is 3. The van der Waals surface area contributed by atoms with Gasteiger partial charge in [-0.05, 0) is 75.0 Å². The Morgan fingerprint density at radius 1 is 0.929 bits per heavy atom. The van der Waals surface area contributed by atoms with E-state index < -0.39 is 12.0 Å². The van der Waals surface area contributed by atoms with Crippen LogP contribution in [-0.4, -0.2) is 71.8 Å². The average Bonchev–Trinajstić information content (AvgIpc) is 3.48. The van der Waals surface area contributed by atoms with E-state index in [0.717, 1.165) is 49.8 Å². The number of piperidine rings is 1. The molecule has 2 fully saturated rings. The van der Waals surface area contributed by atoms with Crippen LogP contribution in [0.1, 0.15) is 94.9 Å². The van der Waals surface area contributed by atoms with Gasteiger partial charge in [0.1, 0.15) is 6.04 Å². The fourth-order valence-corrected chi connectivity index (χ4v) is 6.77. The van der Waals surface area contributed by atoms with Gasteiger partial charge < -0.3 is 23.8 Å². The van der Waals surface area contributed by atoms with Crippen molar-refractivity contribution in [3.8, 4) is 17.2 Å². The largest absolute Gasteiger partial charge is 0.493 e. The Kier molecular flexibility index (Phi) is 9.90. The van der Waals surface area contributed by atoms with Crippen molar-refractivity contribution in [1.82, 2.24) is 19.9 Å². The minimum absolute atomic E-state index is 0.00279. The molecule has 1 aliphatic carbocycles. The Labute approximate surface area is 249 Å². The predicted molar refractivity (Wildman–Crippen MR) is 157 cm³/mol. The van der Waals surface area contributed by atoms with E-state index in [2.05, 4.69) is 17.2 Å². The number of benzene rings is 1. The molecule has 42 heavy (non-hydrogen) atoms. The SMILES string of the molecule is COc1cc2cc(c1OC)OCC[C@@H](C)n1cc(nn1)C[C@H](C)COC(=O)[C@@H]1CCCCN1C(=O)[C@H]2C1CCCCC1. The van der Waals surface area contributed by atoms with Crippen molar-refractivity contribution in [2.45, 2.75) is 96.1 Å². The number of carbonyl (C=O) groups excluding carboxylic acids is 2. The normalized spacial score (nSPS) is 26.6. The molecule has 0 unspecified atom stereocenters. The first-order valence-corrected chi connectivity index (χ1v) is 15.7. The number of methoxy groups -OCH3 is 2. The molecular weight excluding hydrogens is 536 g/mol. The van der Waals surface area contributed by atoms with Crippen molar-refractivity contribution in [3.63, 3.8) is 0 Å². The summed E-state index contributed by atoms with van der Waals surface area (Å²) in [4.78, 5) is 29.9. The summed E-state index contributed by atoms with van der Waals surface area (Å²) in [6.45, 7) is 5.38. The Hall–Kier alpha value is -3.30. The second-order valence-corrected chi connectivity index (χ2v) is 12.3. The molecule has 5 rings (SSSR count). The first-order valence-electron chi connectivity index (χ1n) is 15.7. The molecule has 2 aliphatic heterocycles. The molecule has 0 radical (unpaired) electrons. The third kappa shape index (κ3) is 6.68. The third-order valence-electron chi connectivity index (χ3n) is 9.14. The maximum absolute atomic E-state index is 14.6. The van der Waals surface area contributed by atoms with Crippen LogP contribution in [0.15, 0.2) is 18.3 Å². The molecule has 0 N–H and O–H groups in total. The molecule has 4 bridgehead atoms. The van der Waals surface area contributed by atoms with Crippen molar-refractivity contribution in [2.75, 3.05) is 34.0 Å². The summed E-state index contributed by atoms with van der Waals surface area (Å²) in [5.41, 5.74) is 1.70. The molecule has 1 saturated heterocycles. The van der Waals surface area contributed by atoms with E-state index in [1.54, 1.807) is 19.1 Å².